The van der Waals surface area contributed by atoms with Gasteiger partial charge in [-0.1, -0.05) is 18.2 Å². The number of amides is 1. The van der Waals surface area contributed by atoms with Crippen molar-refractivity contribution in [2.24, 2.45) is 5.73 Å². The molecule has 1 fully saturated rings. The number of fused-ring (bicyclic) bond motifs is 1. The lowest BCUT2D eigenvalue weighted by atomic mass is 9.90. The van der Waals surface area contributed by atoms with Crippen LogP contribution in [0.25, 0.3) is 11.0 Å². The van der Waals surface area contributed by atoms with Gasteiger partial charge >= 0.3 is 0 Å². The number of rotatable bonds is 3. The van der Waals surface area contributed by atoms with Crippen molar-refractivity contribution in [3.63, 3.8) is 0 Å². The first kappa shape index (κ1) is 15.1. The molecule has 0 saturated carbocycles. The molecule has 5 heteroatoms. The fraction of sp³-hybridized carbons (Fsp3) is 0.471. The Balaban J connectivity index is 1.79. The summed E-state index contributed by atoms with van der Waals surface area (Å²) < 4.78 is 11.2. The number of aryl methyl sites for hydroxylation is 1. The number of ether oxygens (including phenoxy) is 1. The van der Waals surface area contributed by atoms with Crippen molar-refractivity contribution in [2.75, 3.05) is 13.2 Å². The maximum atomic E-state index is 12.5. The Bertz CT molecular complexity index is 686. The van der Waals surface area contributed by atoms with E-state index in [0.717, 1.165) is 22.3 Å². The lowest BCUT2D eigenvalue weighted by Gasteiger charge is -2.32. The lowest BCUT2D eigenvalue weighted by molar-refractivity contribution is -0.130. The van der Waals surface area contributed by atoms with Gasteiger partial charge < -0.3 is 20.2 Å². The number of carbonyl (C=O) groups is 1. The molecule has 1 aliphatic rings. The van der Waals surface area contributed by atoms with Crippen molar-refractivity contribution in [1.29, 1.82) is 0 Å². The molecule has 0 bridgehead atoms. The van der Waals surface area contributed by atoms with Crippen LogP contribution in [0, 0.1) is 6.92 Å². The molecule has 0 radical (unpaired) electrons. The van der Waals surface area contributed by atoms with E-state index in [1.165, 1.54) is 0 Å². The third-order valence-corrected chi connectivity index (χ3v) is 4.46. The number of carbonyl (C=O) groups excluding carboxylic acids is 1. The minimum atomic E-state index is -0.841. The number of para-hydroxylation sites is 1. The number of nitrogens with one attached hydrogen (secondary N) is 1. The first-order valence-corrected chi connectivity index (χ1v) is 7.67. The fourth-order valence-electron chi connectivity index (χ4n) is 2.97. The summed E-state index contributed by atoms with van der Waals surface area (Å²) in [5, 5.41) is 4.07. The second-order valence-corrected chi connectivity index (χ2v) is 6.05. The van der Waals surface area contributed by atoms with Gasteiger partial charge in [-0.2, -0.15) is 0 Å². The standard InChI is InChI=1S/C17H22N2O3/c1-11-13-5-3-4-6-14(13)22-15(11)12(2)19-16(20)17(18)7-9-21-10-8-17/h3-6,12H,7-10,18H2,1-2H3,(H,19,20). The molecular formula is C17H22N2O3. The Morgan fingerprint density at radius 3 is 2.68 bits per heavy atom. The zero-order valence-electron chi connectivity index (χ0n) is 13.0. The van der Waals surface area contributed by atoms with Crippen LogP contribution in [0.15, 0.2) is 28.7 Å². The van der Waals surface area contributed by atoms with Crippen LogP contribution in [0.2, 0.25) is 0 Å². The van der Waals surface area contributed by atoms with Gasteiger partial charge in [-0.3, -0.25) is 4.79 Å². The molecule has 118 valence electrons. The molecule has 1 aromatic heterocycles. The van der Waals surface area contributed by atoms with Crippen molar-refractivity contribution in [3.8, 4) is 0 Å². The largest absolute Gasteiger partial charge is 0.459 e. The molecule has 1 atom stereocenters. The molecule has 2 heterocycles. The molecule has 2 aromatic rings. The van der Waals surface area contributed by atoms with E-state index in [1.54, 1.807) is 0 Å². The molecule has 3 N–H and O–H groups in total. The Kier molecular flexibility index (Phi) is 3.93. The minimum absolute atomic E-state index is 0.136. The van der Waals surface area contributed by atoms with Gasteiger partial charge in [-0.05, 0) is 32.8 Å². The van der Waals surface area contributed by atoms with Gasteiger partial charge in [-0.15, -0.1) is 0 Å². The van der Waals surface area contributed by atoms with E-state index in [0.29, 0.717) is 26.1 Å². The van der Waals surface area contributed by atoms with Crippen LogP contribution < -0.4 is 11.1 Å². The lowest BCUT2D eigenvalue weighted by Crippen LogP contribution is -2.57. The van der Waals surface area contributed by atoms with Gasteiger partial charge in [0.1, 0.15) is 11.3 Å². The van der Waals surface area contributed by atoms with E-state index in [2.05, 4.69) is 5.32 Å². The van der Waals surface area contributed by atoms with Crippen molar-refractivity contribution in [1.82, 2.24) is 5.32 Å². The second-order valence-electron chi connectivity index (χ2n) is 6.05. The molecule has 1 amide bonds. The predicted octanol–water partition coefficient (Wildman–Crippen LogP) is 2.43. The van der Waals surface area contributed by atoms with Gasteiger partial charge in [0.15, 0.2) is 0 Å². The monoisotopic (exact) mass is 302 g/mol. The molecule has 1 unspecified atom stereocenters. The Labute approximate surface area is 129 Å². The zero-order valence-corrected chi connectivity index (χ0v) is 13.0. The smallest absolute Gasteiger partial charge is 0.240 e. The van der Waals surface area contributed by atoms with Crippen molar-refractivity contribution in [3.05, 3.63) is 35.6 Å². The summed E-state index contributed by atoms with van der Waals surface area (Å²) in [4.78, 5) is 12.5. The number of furan rings is 1. The molecule has 1 saturated heterocycles. The van der Waals surface area contributed by atoms with Crippen LogP contribution in [0.1, 0.15) is 37.1 Å². The zero-order chi connectivity index (χ0) is 15.7. The third-order valence-electron chi connectivity index (χ3n) is 4.46. The van der Waals surface area contributed by atoms with E-state index >= 15 is 0 Å². The number of hydrogen-bond donors (Lipinski definition) is 2. The Morgan fingerprint density at radius 2 is 2.00 bits per heavy atom. The SMILES string of the molecule is Cc1c(C(C)NC(=O)C2(N)CCOCC2)oc2ccccc12. The molecule has 22 heavy (non-hydrogen) atoms. The first-order chi connectivity index (χ1) is 10.5. The number of benzene rings is 1. The van der Waals surface area contributed by atoms with E-state index < -0.39 is 5.54 Å². The quantitative estimate of drug-likeness (QED) is 0.913. The maximum absolute atomic E-state index is 12.5. The molecule has 1 aromatic carbocycles. The van der Waals surface area contributed by atoms with Crippen LogP contribution in [0.3, 0.4) is 0 Å². The van der Waals surface area contributed by atoms with Crippen molar-refractivity contribution in [2.45, 2.75) is 38.3 Å². The Hall–Kier alpha value is -1.85. The normalized spacial score (nSPS) is 19.0. The second kappa shape index (κ2) is 5.74. The van der Waals surface area contributed by atoms with Gasteiger partial charge in [0.2, 0.25) is 5.91 Å². The van der Waals surface area contributed by atoms with Gasteiger partial charge in [0, 0.05) is 24.2 Å². The van der Waals surface area contributed by atoms with Gasteiger partial charge in [-0.25, -0.2) is 0 Å². The summed E-state index contributed by atoms with van der Waals surface area (Å²) >= 11 is 0. The highest BCUT2D eigenvalue weighted by atomic mass is 16.5. The summed E-state index contributed by atoms with van der Waals surface area (Å²) in [5.74, 6) is 0.647. The first-order valence-electron chi connectivity index (χ1n) is 7.67. The summed E-state index contributed by atoms with van der Waals surface area (Å²) in [6.45, 7) is 4.99. The topological polar surface area (TPSA) is 77.5 Å². The molecule has 5 nitrogen and oxygen atoms in total. The molecule has 0 spiro atoms. The number of hydrogen-bond acceptors (Lipinski definition) is 4. The molecule has 0 aliphatic carbocycles. The fourth-order valence-corrected chi connectivity index (χ4v) is 2.97. The summed E-state index contributed by atoms with van der Waals surface area (Å²) in [6, 6.07) is 7.66. The van der Waals surface area contributed by atoms with E-state index in [1.807, 2.05) is 38.1 Å². The average Bonchev–Trinajstić information content (AvgIpc) is 2.86. The molecular weight excluding hydrogens is 280 g/mol. The predicted molar refractivity (Wildman–Crippen MR) is 84.5 cm³/mol. The van der Waals surface area contributed by atoms with Gasteiger partial charge in [0.25, 0.3) is 0 Å². The summed E-state index contributed by atoms with van der Waals surface area (Å²) in [7, 11) is 0. The van der Waals surface area contributed by atoms with E-state index in [-0.39, 0.29) is 11.9 Å². The van der Waals surface area contributed by atoms with Crippen LogP contribution in [0.4, 0.5) is 0 Å². The minimum Gasteiger partial charge on any atom is -0.459 e. The van der Waals surface area contributed by atoms with Gasteiger partial charge in [0.05, 0.1) is 11.6 Å². The molecule has 1 aliphatic heterocycles. The van der Waals surface area contributed by atoms with E-state index in [9.17, 15) is 4.79 Å². The van der Waals surface area contributed by atoms with Crippen LogP contribution >= 0.6 is 0 Å². The van der Waals surface area contributed by atoms with Crippen LogP contribution in [0.5, 0.6) is 0 Å². The maximum Gasteiger partial charge on any atom is 0.240 e. The highest BCUT2D eigenvalue weighted by Crippen LogP contribution is 2.29. The molecule has 3 rings (SSSR count). The summed E-state index contributed by atoms with van der Waals surface area (Å²) in [6.07, 6.45) is 1.09. The third kappa shape index (κ3) is 2.62. The van der Waals surface area contributed by atoms with Crippen LogP contribution in [-0.2, 0) is 9.53 Å². The van der Waals surface area contributed by atoms with Crippen LogP contribution in [-0.4, -0.2) is 24.7 Å². The Morgan fingerprint density at radius 1 is 1.32 bits per heavy atom. The highest BCUT2D eigenvalue weighted by Gasteiger charge is 2.37. The van der Waals surface area contributed by atoms with Crippen molar-refractivity contribution >= 4 is 16.9 Å². The highest BCUT2D eigenvalue weighted by molar-refractivity contribution is 5.87. The average molecular weight is 302 g/mol. The summed E-state index contributed by atoms with van der Waals surface area (Å²) in [5.41, 5.74) is 7.27. The number of nitrogens with two attached hydrogens (primary N) is 1. The van der Waals surface area contributed by atoms with Crippen molar-refractivity contribution < 1.29 is 13.9 Å². The van der Waals surface area contributed by atoms with E-state index in [4.69, 9.17) is 14.9 Å².